The van der Waals surface area contributed by atoms with Crippen molar-refractivity contribution in [3.05, 3.63) is 66.2 Å². The van der Waals surface area contributed by atoms with Gasteiger partial charge in [0.2, 0.25) is 0 Å². The molecule has 0 heterocycles. The zero-order chi connectivity index (χ0) is 21.6. The fraction of sp³-hybridized carbons (Fsp3) is 0.296. The lowest BCUT2D eigenvalue weighted by atomic mass is 9.90. The molecule has 3 aromatic rings. The maximum absolute atomic E-state index is 10.8. The van der Waals surface area contributed by atoms with Crippen molar-refractivity contribution in [2.24, 2.45) is 5.92 Å². The van der Waals surface area contributed by atoms with Crippen molar-refractivity contribution in [1.82, 2.24) is 0 Å². The number of methoxy groups -OCH3 is 1. The lowest BCUT2D eigenvalue weighted by Gasteiger charge is -2.22. The van der Waals surface area contributed by atoms with E-state index in [9.17, 15) is 9.90 Å². The van der Waals surface area contributed by atoms with Crippen LogP contribution in [0, 0.1) is 5.92 Å². The van der Waals surface area contributed by atoms with Gasteiger partial charge in [-0.3, -0.25) is 0 Å². The van der Waals surface area contributed by atoms with E-state index in [1.165, 1.54) is 32.1 Å². The van der Waals surface area contributed by atoms with Crippen molar-refractivity contribution < 1.29 is 19.4 Å². The number of carbonyl (C=O) groups is 1. The molecule has 0 unspecified atom stereocenters. The van der Waals surface area contributed by atoms with Crippen molar-refractivity contribution in [2.45, 2.75) is 32.1 Å². The minimum atomic E-state index is -1.21. The Morgan fingerprint density at radius 3 is 2.55 bits per heavy atom. The summed E-state index contributed by atoms with van der Waals surface area (Å²) >= 11 is 0. The van der Waals surface area contributed by atoms with Crippen LogP contribution in [-0.2, 0) is 4.79 Å². The Hall–Kier alpha value is -3.27. The topological polar surface area (TPSA) is 58.6 Å². The third-order valence-electron chi connectivity index (χ3n) is 5.97. The molecule has 1 saturated carbocycles. The third kappa shape index (κ3) is 5.26. The number of rotatable bonds is 7. The van der Waals surface area contributed by atoms with Gasteiger partial charge in [-0.2, -0.15) is 0 Å². The highest BCUT2D eigenvalue weighted by Gasteiger charge is 2.16. The lowest BCUT2D eigenvalue weighted by molar-refractivity contribution is -0.297. The zero-order valence-electron chi connectivity index (χ0n) is 17.8. The van der Waals surface area contributed by atoms with Gasteiger partial charge in [-0.25, -0.2) is 0 Å². The Morgan fingerprint density at radius 2 is 1.77 bits per heavy atom. The summed E-state index contributed by atoms with van der Waals surface area (Å²) in [7, 11) is 1.66. The first kappa shape index (κ1) is 21.0. The minimum absolute atomic E-state index is 0.600. The highest BCUT2D eigenvalue weighted by molar-refractivity contribution is 5.90. The van der Waals surface area contributed by atoms with Crippen LogP contribution in [0.2, 0.25) is 0 Å². The monoisotopic (exact) mass is 415 g/mol. The molecule has 1 aliphatic carbocycles. The van der Waals surface area contributed by atoms with Gasteiger partial charge in [0.25, 0.3) is 0 Å². The molecule has 0 atom stereocenters. The SMILES string of the molecule is COc1ccc2cc(-c3cc(/C=C/C(=O)[O-])ccc3OCC3CCCCC3)ccc2c1. The lowest BCUT2D eigenvalue weighted by Crippen LogP contribution is -2.18. The number of fused-ring (bicyclic) bond motifs is 1. The van der Waals surface area contributed by atoms with Crippen molar-refractivity contribution in [1.29, 1.82) is 0 Å². The van der Waals surface area contributed by atoms with E-state index >= 15 is 0 Å². The van der Waals surface area contributed by atoms with E-state index < -0.39 is 5.97 Å². The average Bonchev–Trinajstić information content (AvgIpc) is 2.81. The molecule has 0 aromatic heterocycles. The minimum Gasteiger partial charge on any atom is -0.545 e. The summed E-state index contributed by atoms with van der Waals surface area (Å²) < 4.78 is 11.6. The molecule has 1 aliphatic rings. The molecule has 0 N–H and O–H groups in total. The largest absolute Gasteiger partial charge is 0.545 e. The maximum atomic E-state index is 10.8. The fourth-order valence-electron chi connectivity index (χ4n) is 4.25. The van der Waals surface area contributed by atoms with Gasteiger partial charge in [0.1, 0.15) is 11.5 Å². The van der Waals surface area contributed by atoms with Gasteiger partial charge in [-0.15, -0.1) is 0 Å². The number of carbonyl (C=O) groups excluding carboxylic acids is 1. The van der Waals surface area contributed by atoms with Crippen molar-refractivity contribution >= 4 is 22.8 Å². The van der Waals surface area contributed by atoms with Gasteiger partial charge in [-0.05, 0) is 77.1 Å². The molecule has 4 heteroatoms. The Kier molecular flexibility index (Phi) is 6.56. The normalized spacial score (nSPS) is 14.7. The zero-order valence-corrected chi connectivity index (χ0v) is 17.8. The second-order valence-corrected chi connectivity index (χ2v) is 8.15. The number of hydrogen-bond acceptors (Lipinski definition) is 4. The quantitative estimate of drug-likeness (QED) is 0.495. The average molecular weight is 416 g/mol. The molecule has 1 fully saturated rings. The van der Waals surface area contributed by atoms with E-state index in [0.29, 0.717) is 12.5 Å². The third-order valence-corrected chi connectivity index (χ3v) is 5.97. The van der Waals surface area contributed by atoms with Gasteiger partial charge in [0.15, 0.2) is 0 Å². The second kappa shape index (κ2) is 9.69. The summed E-state index contributed by atoms with van der Waals surface area (Å²) in [6, 6.07) is 18.1. The van der Waals surface area contributed by atoms with E-state index in [1.54, 1.807) is 13.2 Å². The summed E-state index contributed by atoms with van der Waals surface area (Å²) in [6.45, 7) is 0.714. The van der Waals surface area contributed by atoms with Crippen LogP contribution in [0.5, 0.6) is 11.5 Å². The van der Waals surface area contributed by atoms with Crippen LogP contribution in [0.25, 0.3) is 28.0 Å². The van der Waals surface area contributed by atoms with Crippen LogP contribution in [0.4, 0.5) is 0 Å². The Balaban J connectivity index is 1.68. The van der Waals surface area contributed by atoms with Crippen LogP contribution >= 0.6 is 0 Å². The van der Waals surface area contributed by atoms with E-state index in [-0.39, 0.29) is 0 Å². The van der Waals surface area contributed by atoms with E-state index in [4.69, 9.17) is 9.47 Å². The van der Waals surface area contributed by atoms with Gasteiger partial charge >= 0.3 is 0 Å². The summed E-state index contributed by atoms with van der Waals surface area (Å²) in [5.41, 5.74) is 2.77. The molecule has 0 bridgehead atoms. The summed E-state index contributed by atoms with van der Waals surface area (Å²) in [4.78, 5) is 10.8. The van der Waals surface area contributed by atoms with Gasteiger partial charge in [0.05, 0.1) is 19.7 Å². The van der Waals surface area contributed by atoms with Gasteiger partial charge in [0, 0.05) is 5.56 Å². The van der Waals surface area contributed by atoms with Crippen LogP contribution in [-0.4, -0.2) is 19.7 Å². The highest BCUT2D eigenvalue weighted by Crippen LogP contribution is 2.35. The Morgan fingerprint density at radius 1 is 1.00 bits per heavy atom. The molecule has 0 amide bonds. The Bertz CT molecular complexity index is 1090. The molecule has 160 valence electrons. The first-order valence-electron chi connectivity index (χ1n) is 10.9. The highest BCUT2D eigenvalue weighted by atomic mass is 16.5. The first-order valence-corrected chi connectivity index (χ1v) is 10.9. The molecule has 4 rings (SSSR count). The fourth-order valence-corrected chi connectivity index (χ4v) is 4.25. The van der Waals surface area contributed by atoms with Crippen molar-refractivity contribution in [3.8, 4) is 22.6 Å². The van der Waals surface area contributed by atoms with Gasteiger partial charge in [-0.1, -0.05) is 49.6 Å². The summed E-state index contributed by atoms with van der Waals surface area (Å²) in [5, 5.41) is 13.0. The molecule has 3 aromatic carbocycles. The predicted molar refractivity (Wildman–Crippen MR) is 122 cm³/mol. The number of carboxylic acid groups (broad SMARTS) is 1. The summed E-state index contributed by atoms with van der Waals surface area (Å²) in [6.07, 6.45) is 8.93. The van der Waals surface area contributed by atoms with Crippen LogP contribution < -0.4 is 14.6 Å². The molecule has 31 heavy (non-hydrogen) atoms. The molecule has 0 saturated heterocycles. The van der Waals surface area contributed by atoms with Crippen molar-refractivity contribution in [3.63, 3.8) is 0 Å². The van der Waals surface area contributed by atoms with Crippen molar-refractivity contribution in [2.75, 3.05) is 13.7 Å². The second-order valence-electron chi connectivity index (χ2n) is 8.15. The molecule has 0 aliphatic heterocycles. The number of aliphatic carboxylic acids is 1. The van der Waals surface area contributed by atoms with E-state index in [0.717, 1.165) is 45.0 Å². The maximum Gasteiger partial charge on any atom is 0.127 e. The molecular formula is C27H27O4-. The smallest absolute Gasteiger partial charge is 0.127 e. The number of hydrogen-bond donors (Lipinski definition) is 0. The number of carboxylic acids is 1. The van der Waals surface area contributed by atoms with E-state index in [2.05, 4.69) is 18.2 Å². The standard InChI is InChI=1S/C27H28O4/c1-30-24-12-11-21-16-23(10-9-22(21)17-24)25-15-19(8-14-27(28)29)7-13-26(25)31-18-20-5-3-2-4-6-20/h7-17,20H,2-6,18H2,1H3,(H,28,29)/p-1/b14-8+. The summed E-state index contributed by atoms with van der Waals surface area (Å²) in [5.74, 6) is 1.04. The number of ether oxygens (including phenoxy) is 2. The van der Waals surface area contributed by atoms with Crippen LogP contribution in [0.15, 0.2) is 60.7 Å². The Labute approximate surface area is 183 Å². The van der Waals surface area contributed by atoms with Crippen LogP contribution in [0.3, 0.4) is 0 Å². The van der Waals surface area contributed by atoms with Gasteiger partial charge < -0.3 is 19.4 Å². The molecular weight excluding hydrogens is 388 g/mol. The predicted octanol–water partition coefficient (Wildman–Crippen LogP) is 5.24. The molecule has 0 spiro atoms. The van der Waals surface area contributed by atoms with E-state index in [1.807, 2.05) is 36.4 Å². The molecule has 0 radical (unpaired) electrons. The van der Waals surface area contributed by atoms with Crippen LogP contribution in [0.1, 0.15) is 37.7 Å². The number of benzene rings is 3. The first-order chi connectivity index (χ1) is 15.1. The molecule has 4 nitrogen and oxygen atoms in total.